The molecule has 1 N–H and O–H groups in total. The van der Waals surface area contributed by atoms with E-state index >= 15 is 0 Å². The van der Waals surface area contributed by atoms with Crippen LogP contribution in [-0.4, -0.2) is 6.54 Å². The summed E-state index contributed by atoms with van der Waals surface area (Å²) in [5, 5.41) is 4.16. The molecule has 0 amide bonds. The molecule has 0 spiro atoms. The van der Waals surface area contributed by atoms with E-state index in [2.05, 4.69) is 11.4 Å². The van der Waals surface area contributed by atoms with Gasteiger partial charge in [-0.2, -0.15) is 0 Å². The molecular weight excluding hydrogens is 261 g/mol. The quantitative estimate of drug-likeness (QED) is 0.811. The number of halogens is 2. The topological polar surface area (TPSA) is 12.0 Å². The molecule has 2 aromatic carbocycles. The first-order chi connectivity index (χ1) is 9.15. The van der Waals surface area contributed by atoms with Crippen LogP contribution in [0.2, 0.25) is 5.02 Å². The average Bonchev–Trinajstić information content (AvgIpc) is 2.41. The predicted molar refractivity (Wildman–Crippen MR) is 78.0 cm³/mol. The van der Waals surface area contributed by atoms with Crippen LogP contribution < -0.4 is 5.32 Å². The Morgan fingerprint density at radius 2 is 1.74 bits per heavy atom. The maximum absolute atomic E-state index is 12.7. The third-order valence-corrected chi connectivity index (χ3v) is 3.48. The molecule has 0 saturated carbocycles. The number of rotatable bonds is 5. The average molecular weight is 278 g/mol. The van der Waals surface area contributed by atoms with E-state index in [0.717, 1.165) is 35.7 Å². The minimum absolute atomic E-state index is 0.189. The van der Waals surface area contributed by atoms with Crippen molar-refractivity contribution in [2.75, 3.05) is 6.54 Å². The molecule has 0 unspecified atom stereocenters. The molecule has 2 rings (SSSR count). The summed E-state index contributed by atoms with van der Waals surface area (Å²) in [6.07, 6.45) is 0.889. The number of hydrogen-bond acceptors (Lipinski definition) is 1. The van der Waals surface area contributed by atoms with Gasteiger partial charge >= 0.3 is 0 Å². The summed E-state index contributed by atoms with van der Waals surface area (Å²) < 4.78 is 12.7. The fraction of sp³-hybridized carbons (Fsp3) is 0.250. The Balaban J connectivity index is 1.77. The Bertz CT molecular complexity index is 537. The molecular formula is C16H17ClFN. The third-order valence-electron chi connectivity index (χ3n) is 3.07. The van der Waals surface area contributed by atoms with Gasteiger partial charge in [0.25, 0.3) is 0 Å². The van der Waals surface area contributed by atoms with Gasteiger partial charge in [-0.3, -0.25) is 0 Å². The van der Waals surface area contributed by atoms with Crippen LogP contribution in [0.15, 0.2) is 42.5 Å². The van der Waals surface area contributed by atoms with Gasteiger partial charge in [0.2, 0.25) is 0 Å². The second-order valence-electron chi connectivity index (χ2n) is 4.64. The van der Waals surface area contributed by atoms with E-state index in [1.165, 1.54) is 17.7 Å². The van der Waals surface area contributed by atoms with Gasteiger partial charge in [-0.05, 0) is 54.8 Å². The van der Waals surface area contributed by atoms with Gasteiger partial charge < -0.3 is 5.32 Å². The van der Waals surface area contributed by atoms with Crippen molar-refractivity contribution in [3.05, 3.63) is 70.0 Å². The first kappa shape index (κ1) is 14.0. The molecule has 0 fully saturated rings. The maximum Gasteiger partial charge on any atom is 0.123 e. The highest BCUT2D eigenvalue weighted by molar-refractivity contribution is 6.31. The van der Waals surface area contributed by atoms with E-state index in [1.807, 2.05) is 31.2 Å². The van der Waals surface area contributed by atoms with Crippen molar-refractivity contribution in [3.8, 4) is 0 Å². The second-order valence-corrected chi connectivity index (χ2v) is 5.04. The first-order valence-corrected chi connectivity index (χ1v) is 6.73. The van der Waals surface area contributed by atoms with Gasteiger partial charge in [0, 0.05) is 11.6 Å². The minimum atomic E-state index is -0.189. The Morgan fingerprint density at radius 3 is 2.42 bits per heavy atom. The lowest BCUT2D eigenvalue weighted by Gasteiger charge is -2.07. The van der Waals surface area contributed by atoms with E-state index in [4.69, 9.17) is 11.6 Å². The van der Waals surface area contributed by atoms with E-state index in [9.17, 15) is 4.39 Å². The summed E-state index contributed by atoms with van der Waals surface area (Å²) in [6, 6.07) is 12.7. The molecule has 2 aromatic rings. The van der Waals surface area contributed by atoms with Gasteiger partial charge in [0.1, 0.15) is 5.82 Å². The van der Waals surface area contributed by atoms with Crippen molar-refractivity contribution in [3.63, 3.8) is 0 Å². The fourth-order valence-electron chi connectivity index (χ4n) is 1.86. The van der Waals surface area contributed by atoms with Crippen LogP contribution >= 0.6 is 11.6 Å². The number of aryl methyl sites for hydroxylation is 1. The molecule has 0 radical (unpaired) electrons. The fourth-order valence-corrected chi connectivity index (χ4v) is 2.07. The smallest absolute Gasteiger partial charge is 0.123 e. The van der Waals surface area contributed by atoms with Crippen LogP contribution in [0.3, 0.4) is 0 Å². The lowest BCUT2D eigenvalue weighted by molar-refractivity contribution is 0.626. The molecule has 0 aliphatic carbocycles. The molecule has 0 heterocycles. The monoisotopic (exact) mass is 277 g/mol. The lowest BCUT2D eigenvalue weighted by atomic mass is 10.1. The molecule has 3 heteroatoms. The predicted octanol–water partition coefficient (Wildman–Crippen LogP) is 4.12. The van der Waals surface area contributed by atoms with Crippen LogP contribution in [0.25, 0.3) is 0 Å². The van der Waals surface area contributed by atoms with Crippen LogP contribution in [0.4, 0.5) is 4.39 Å². The van der Waals surface area contributed by atoms with Crippen LogP contribution in [0.5, 0.6) is 0 Å². The third kappa shape index (κ3) is 4.34. The van der Waals surface area contributed by atoms with E-state index < -0.39 is 0 Å². The summed E-state index contributed by atoms with van der Waals surface area (Å²) in [7, 11) is 0. The normalized spacial score (nSPS) is 10.7. The van der Waals surface area contributed by atoms with E-state index in [0.29, 0.717) is 0 Å². The van der Waals surface area contributed by atoms with Gasteiger partial charge in [-0.1, -0.05) is 35.9 Å². The summed E-state index contributed by atoms with van der Waals surface area (Å²) in [5.41, 5.74) is 3.40. The number of hydrogen-bond donors (Lipinski definition) is 1. The summed E-state index contributed by atoms with van der Waals surface area (Å²) in [5.74, 6) is -0.189. The Labute approximate surface area is 118 Å². The Hall–Kier alpha value is -1.38. The maximum atomic E-state index is 12.7. The van der Waals surface area contributed by atoms with Crippen molar-refractivity contribution in [1.82, 2.24) is 5.32 Å². The number of benzene rings is 2. The Kier molecular flexibility index (Phi) is 4.94. The zero-order valence-corrected chi connectivity index (χ0v) is 11.7. The Morgan fingerprint density at radius 1 is 1.05 bits per heavy atom. The zero-order valence-electron chi connectivity index (χ0n) is 10.9. The SMILES string of the molecule is Cc1ccc(CNCCc2ccc(F)cc2)cc1Cl. The van der Waals surface area contributed by atoms with Crippen molar-refractivity contribution in [2.45, 2.75) is 19.9 Å². The molecule has 0 aliphatic heterocycles. The van der Waals surface area contributed by atoms with Gasteiger partial charge in [0.05, 0.1) is 0 Å². The van der Waals surface area contributed by atoms with Crippen molar-refractivity contribution >= 4 is 11.6 Å². The van der Waals surface area contributed by atoms with Crippen molar-refractivity contribution in [2.24, 2.45) is 0 Å². The second kappa shape index (κ2) is 6.69. The molecule has 100 valence electrons. The van der Waals surface area contributed by atoms with E-state index in [-0.39, 0.29) is 5.82 Å². The minimum Gasteiger partial charge on any atom is -0.312 e. The molecule has 1 nitrogen and oxygen atoms in total. The highest BCUT2D eigenvalue weighted by atomic mass is 35.5. The van der Waals surface area contributed by atoms with Gasteiger partial charge in [0.15, 0.2) is 0 Å². The van der Waals surface area contributed by atoms with Crippen LogP contribution in [0.1, 0.15) is 16.7 Å². The van der Waals surface area contributed by atoms with Crippen molar-refractivity contribution in [1.29, 1.82) is 0 Å². The molecule has 0 atom stereocenters. The summed E-state index contributed by atoms with van der Waals surface area (Å²) >= 11 is 6.07. The van der Waals surface area contributed by atoms with Crippen molar-refractivity contribution < 1.29 is 4.39 Å². The largest absolute Gasteiger partial charge is 0.312 e. The molecule has 0 aromatic heterocycles. The summed E-state index contributed by atoms with van der Waals surface area (Å²) in [6.45, 7) is 3.65. The highest BCUT2D eigenvalue weighted by Crippen LogP contribution is 2.16. The summed E-state index contributed by atoms with van der Waals surface area (Å²) in [4.78, 5) is 0. The molecule has 19 heavy (non-hydrogen) atoms. The zero-order chi connectivity index (χ0) is 13.7. The van der Waals surface area contributed by atoms with Crippen LogP contribution in [0, 0.1) is 12.7 Å². The van der Waals surface area contributed by atoms with Crippen LogP contribution in [-0.2, 0) is 13.0 Å². The molecule has 0 aliphatic rings. The first-order valence-electron chi connectivity index (χ1n) is 6.35. The molecule has 0 saturated heterocycles. The lowest BCUT2D eigenvalue weighted by Crippen LogP contribution is -2.16. The number of nitrogens with one attached hydrogen (secondary N) is 1. The van der Waals surface area contributed by atoms with Gasteiger partial charge in [-0.15, -0.1) is 0 Å². The van der Waals surface area contributed by atoms with E-state index in [1.54, 1.807) is 0 Å². The highest BCUT2D eigenvalue weighted by Gasteiger charge is 1.98. The molecule has 0 bridgehead atoms. The standard InChI is InChI=1S/C16H17ClFN/c1-12-2-3-14(10-16(12)17)11-19-9-8-13-4-6-15(18)7-5-13/h2-7,10,19H,8-9,11H2,1H3. The van der Waals surface area contributed by atoms with Gasteiger partial charge in [-0.25, -0.2) is 4.39 Å².